The van der Waals surface area contributed by atoms with Crippen molar-refractivity contribution in [3.63, 3.8) is 0 Å². The van der Waals surface area contributed by atoms with Crippen LogP contribution in [0.5, 0.6) is 5.75 Å². The summed E-state index contributed by atoms with van der Waals surface area (Å²) < 4.78 is 18.3. The monoisotopic (exact) mass is 448 g/mol. The highest BCUT2D eigenvalue weighted by atomic mass is 16.5. The summed E-state index contributed by atoms with van der Waals surface area (Å²) in [6, 6.07) is 15.1. The molecule has 1 aliphatic rings. The highest BCUT2D eigenvalue weighted by Gasteiger charge is 2.19. The molecule has 0 saturated carbocycles. The summed E-state index contributed by atoms with van der Waals surface area (Å²) in [5, 5.41) is 12.6. The fraction of sp³-hybridized carbons (Fsp3) is 0.348. The summed E-state index contributed by atoms with van der Waals surface area (Å²) in [6.45, 7) is 4.79. The highest BCUT2D eigenvalue weighted by Crippen LogP contribution is 2.25. The predicted octanol–water partition coefficient (Wildman–Crippen LogP) is 2.87. The third-order valence-corrected chi connectivity index (χ3v) is 5.52. The third-order valence-electron chi connectivity index (χ3n) is 5.52. The molecule has 0 radical (unpaired) electrons. The Hall–Kier alpha value is -3.79. The first-order chi connectivity index (χ1) is 16.2. The van der Waals surface area contributed by atoms with Gasteiger partial charge in [0.1, 0.15) is 11.3 Å². The average Bonchev–Trinajstić information content (AvgIpc) is 3.51. The lowest BCUT2D eigenvalue weighted by Gasteiger charge is -2.26. The maximum absolute atomic E-state index is 12.4. The zero-order valence-electron chi connectivity index (χ0n) is 18.3. The topological polar surface area (TPSA) is 108 Å². The number of nitrogens with zero attached hydrogens (tertiary/aromatic N) is 6. The Bertz CT molecular complexity index is 1230. The Morgan fingerprint density at radius 3 is 2.79 bits per heavy atom. The number of ether oxygens (including phenoxy) is 2. The first-order valence-corrected chi connectivity index (χ1v) is 10.9. The first kappa shape index (κ1) is 21.1. The van der Waals surface area contributed by atoms with Crippen molar-refractivity contribution in [3.8, 4) is 17.1 Å². The zero-order chi connectivity index (χ0) is 22.6. The molecule has 2 aromatic heterocycles. The molecule has 1 saturated heterocycles. The van der Waals surface area contributed by atoms with Gasteiger partial charge >= 0.3 is 0 Å². The molecule has 1 atom stereocenters. The molecule has 1 amide bonds. The number of carbonyl (C=O) groups excluding carboxylic acids is 1. The number of aryl methyl sites for hydroxylation is 1. The number of para-hydroxylation sites is 1. The Balaban J connectivity index is 1.26. The normalized spacial score (nSPS) is 15.0. The fourth-order valence-corrected chi connectivity index (χ4v) is 3.72. The Morgan fingerprint density at radius 1 is 1.15 bits per heavy atom. The number of aromatic nitrogens is 5. The van der Waals surface area contributed by atoms with E-state index in [1.807, 2.05) is 60.4 Å². The summed E-state index contributed by atoms with van der Waals surface area (Å²) >= 11 is 0. The van der Waals surface area contributed by atoms with E-state index in [1.165, 1.54) is 0 Å². The maximum Gasteiger partial charge on any atom is 0.267 e. The SMILES string of the molecule is CC(Oc1ccccc1)c1nc(-c2ccc3c(c2)nnn3CCC(=O)N2CCOCC2)no1. The van der Waals surface area contributed by atoms with Crippen LogP contribution in [0.3, 0.4) is 0 Å². The van der Waals surface area contributed by atoms with E-state index in [-0.39, 0.29) is 12.0 Å². The van der Waals surface area contributed by atoms with Gasteiger partial charge in [0, 0.05) is 25.1 Å². The Kier molecular flexibility index (Phi) is 5.99. The Morgan fingerprint density at radius 2 is 1.97 bits per heavy atom. The van der Waals surface area contributed by atoms with Crippen LogP contribution in [0.1, 0.15) is 25.3 Å². The molecule has 10 heteroatoms. The van der Waals surface area contributed by atoms with E-state index in [2.05, 4.69) is 20.5 Å². The quantitative estimate of drug-likeness (QED) is 0.425. The molecule has 1 unspecified atom stereocenters. The van der Waals surface area contributed by atoms with Crippen LogP contribution in [0.2, 0.25) is 0 Å². The van der Waals surface area contributed by atoms with E-state index in [0.717, 1.165) is 16.8 Å². The van der Waals surface area contributed by atoms with Crippen molar-refractivity contribution in [2.45, 2.75) is 26.0 Å². The van der Waals surface area contributed by atoms with Crippen molar-refractivity contribution in [2.75, 3.05) is 26.3 Å². The second-order valence-electron chi connectivity index (χ2n) is 7.79. The van der Waals surface area contributed by atoms with Gasteiger partial charge in [-0.2, -0.15) is 4.98 Å². The van der Waals surface area contributed by atoms with E-state index in [4.69, 9.17) is 14.0 Å². The molecule has 1 aliphatic heterocycles. The van der Waals surface area contributed by atoms with Gasteiger partial charge < -0.3 is 18.9 Å². The van der Waals surface area contributed by atoms with E-state index in [0.29, 0.717) is 56.5 Å². The second-order valence-corrected chi connectivity index (χ2v) is 7.79. The van der Waals surface area contributed by atoms with E-state index < -0.39 is 0 Å². The fourth-order valence-electron chi connectivity index (χ4n) is 3.72. The molecular weight excluding hydrogens is 424 g/mol. The van der Waals surface area contributed by atoms with Crippen LogP contribution < -0.4 is 4.74 Å². The van der Waals surface area contributed by atoms with Gasteiger partial charge in [-0.15, -0.1) is 5.10 Å². The van der Waals surface area contributed by atoms with Crippen molar-refractivity contribution < 1.29 is 18.8 Å². The van der Waals surface area contributed by atoms with Crippen LogP contribution in [0.25, 0.3) is 22.4 Å². The minimum Gasteiger partial charge on any atom is -0.481 e. The lowest BCUT2D eigenvalue weighted by molar-refractivity contribution is -0.135. The van der Waals surface area contributed by atoms with Crippen molar-refractivity contribution in [1.29, 1.82) is 0 Å². The van der Waals surface area contributed by atoms with Crippen LogP contribution in [0, 0.1) is 0 Å². The predicted molar refractivity (Wildman–Crippen MR) is 118 cm³/mol. The molecule has 1 fully saturated rings. The summed E-state index contributed by atoms with van der Waals surface area (Å²) in [7, 11) is 0. The molecule has 4 aromatic rings. The van der Waals surface area contributed by atoms with Gasteiger partial charge in [0.15, 0.2) is 6.10 Å². The lowest BCUT2D eigenvalue weighted by Crippen LogP contribution is -2.41. The van der Waals surface area contributed by atoms with Crippen molar-refractivity contribution >= 4 is 16.9 Å². The van der Waals surface area contributed by atoms with Gasteiger partial charge in [-0.1, -0.05) is 28.6 Å². The molecule has 3 heterocycles. The lowest BCUT2D eigenvalue weighted by atomic mass is 10.2. The minimum absolute atomic E-state index is 0.102. The van der Waals surface area contributed by atoms with Gasteiger partial charge in [-0.05, 0) is 37.3 Å². The molecule has 2 aromatic carbocycles. The molecule has 0 spiro atoms. The Labute approximate surface area is 190 Å². The zero-order valence-corrected chi connectivity index (χ0v) is 18.3. The standard InChI is InChI=1S/C23H24N6O4/c1-16(32-18-5-3-2-4-6-18)23-24-22(26-33-23)17-7-8-20-19(15-17)25-27-29(20)10-9-21(30)28-11-13-31-14-12-28/h2-8,15-16H,9-14H2,1H3. The van der Waals surface area contributed by atoms with Crippen molar-refractivity contribution in [1.82, 2.24) is 30.0 Å². The van der Waals surface area contributed by atoms with Crippen LogP contribution in [0.15, 0.2) is 53.1 Å². The number of amides is 1. The summed E-state index contributed by atoms with van der Waals surface area (Å²) in [5.41, 5.74) is 2.31. The second kappa shape index (κ2) is 9.37. The number of benzene rings is 2. The molecule has 0 bridgehead atoms. The smallest absolute Gasteiger partial charge is 0.267 e. The van der Waals surface area contributed by atoms with Crippen molar-refractivity contribution in [3.05, 3.63) is 54.4 Å². The van der Waals surface area contributed by atoms with Gasteiger partial charge in [0.2, 0.25) is 11.7 Å². The molecule has 0 N–H and O–H groups in total. The third kappa shape index (κ3) is 4.70. The number of morpholine rings is 1. The van der Waals surface area contributed by atoms with E-state index in [9.17, 15) is 4.79 Å². The van der Waals surface area contributed by atoms with Gasteiger partial charge in [0.25, 0.3) is 5.89 Å². The molecule has 10 nitrogen and oxygen atoms in total. The first-order valence-electron chi connectivity index (χ1n) is 10.9. The summed E-state index contributed by atoms with van der Waals surface area (Å²) in [6.07, 6.45) is -0.0180. The summed E-state index contributed by atoms with van der Waals surface area (Å²) in [5.74, 6) is 1.67. The molecule has 33 heavy (non-hydrogen) atoms. The van der Waals surface area contributed by atoms with Crippen LogP contribution in [-0.2, 0) is 16.1 Å². The maximum atomic E-state index is 12.4. The number of fused-ring (bicyclic) bond motifs is 1. The minimum atomic E-state index is -0.387. The number of hydrogen-bond donors (Lipinski definition) is 0. The molecule has 5 rings (SSSR count). The summed E-state index contributed by atoms with van der Waals surface area (Å²) in [4.78, 5) is 18.7. The number of carbonyl (C=O) groups is 1. The molecule has 170 valence electrons. The van der Waals surface area contributed by atoms with Gasteiger partial charge in [0.05, 0.1) is 25.3 Å². The molecular formula is C23H24N6O4. The highest BCUT2D eigenvalue weighted by molar-refractivity contribution is 5.80. The van der Waals surface area contributed by atoms with E-state index >= 15 is 0 Å². The van der Waals surface area contributed by atoms with E-state index in [1.54, 1.807) is 4.68 Å². The number of rotatable bonds is 7. The van der Waals surface area contributed by atoms with Crippen LogP contribution in [0.4, 0.5) is 0 Å². The molecule has 0 aliphatic carbocycles. The van der Waals surface area contributed by atoms with Crippen LogP contribution >= 0.6 is 0 Å². The largest absolute Gasteiger partial charge is 0.481 e. The van der Waals surface area contributed by atoms with Crippen molar-refractivity contribution in [2.24, 2.45) is 0 Å². The van der Waals surface area contributed by atoms with Gasteiger partial charge in [-0.25, -0.2) is 4.68 Å². The number of hydrogen-bond acceptors (Lipinski definition) is 8. The van der Waals surface area contributed by atoms with Crippen LogP contribution in [-0.4, -0.2) is 62.2 Å². The van der Waals surface area contributed by atoms with Gasteiger partial charge in [-0.3, -0.25) is 4.79 Å². The average molecular weight is 448 g/mol.